The first-order chi connectivity index (χ1) is 12.8. The van der Waals surface area contributed by atoms with Gasteiger partial charge in [0.1, 0.15) is 18.0 Å². The molecule has 0 heterocycles. The van der Waals surface area contributed by atoms with Crippen molar-refractivity contribution in [3.63, 3.8) is 0 Å². The number of carbonyl (C=O) groups excluding carboxylic acids is 2. The first-order valence-corrected chi connectivity index (χ1v) is 8.82. The van der Waals surface area contributed by atoms with Crippen LogP contribution >= 0.6 is 0 Å². The third-order valence-corrected chi connectivity index (χ3v) is 3.69. The van der Waals surface area contributed by atoms with E-state index >= 15 is 0 Å². The number of nitrogens with one attached hydrogen (secondary N) is 1. The van der Waals surface area contributed by atoms with Crippen molar-refractivity contribution in [3.8, 4) is 5.75 Å². The smallest absolute Gasteiger partial charge is 0.471 e. The van der Waals surface area contributed by atoms with Crippen LogP contribution in [0.2, 0.25) is 0 Å². The molecule has 0 aliphatic carbocycles. The Morgan fingerprint density at radius 2 is 1.86 bits per heavy atom. The third kappa shape index (κ3) is 8.49. The fourth-order valence-electron chi connectivity index (χ4n) is 2.28. The van der Waals surface area contributed by atoms with E-state index in [0.717, 1.165) is 12.6 Å². The second kappa shape index (κ2) is 9.66. The average molecular weight is 404 g/mol. The molecule has 1 N–H and O–H groups in total. The molecule has 0 aliphatic rings. The molecule has 0 aliphatic heterocycles. The Kier molecular flexibility index (Phi) is 8.14. The number of ether oxygens (including phenoxy) is 2. The highest BCUT2D eigenvalue weighted by Gasteiger charge is 2.42. The van der Waals surface area contributed by atoms with Gasteiger partial charge in [0.05, 0.1) is 6.54 Å². The number of hydrogen-bond acceptors (Lipinski definition) is 4. The molecule has 0 bridgehead atoms. The molecule has 6 nitrogen and oxygen atoms in total. The molecule has 0 radical (unpaired) electrons. The van der Waals surface area contributed by atoms with E-state index < -0.39 is 29.8 Å². The lowest BCUT2D eigenvalue weighted by atomic mass is 10.1. The normalized spacial score (nSPS) is 12.9. The zero-order chi connectivity index (χ0) is 21.5. The summed E-state index contributed by atoms with van der Waals surface area (Å²) in [5, 5.41) is 2.56. The number of carbonyl (C=O) groups is 2. The minimum Gasteiger partial charge on any atom is -0.492 e. The van der Waals surface area contributed by atoms with E-state index in [4.69, 9.17) is 9.47 Å². The minimum absolute atomic E-state index is 0.199. The van der Waals surface area contributed by atoms with Crippen LogP contribution in [0.15, 0.2) is 24.3 Å². The van der Waals surface area contributed by atoms with E-state index in [9.17, 15) is 22.8 Å². The summed E-state index contributed by atoms with van der Waals surface area (Å²) in [6.07, 6.45) is -5.20. The van der Waals surface area contributed by atoms with Gasteiger partial charge in [0.15, 0.2) is 0 Å². The van der Waals surface area contributed by atoms with Gasteiger partial charge in [-0.05, 0) is 51.8 Å². The second-order valence-electron chi connectivity index (χ2n) is 7.39. The van der Waals surface area contributed by atoms with Gasteiger partial charge in [-0.15, -0.1) is 0 Å². The zero-order valence-electron chi connectivity index (χ0n) is 16.7. The monoisotopic (exact) mass is 404 g/mol. The standard InChI is InChI=1S/C19H27F3N2O4/c1-13(24(5)16(25)19(20,21)22)11-14-7-6-8-15(12-14)27-10-9-23-17(26)28-18(2,3)4/h6-8,12-13H,9-11H2,1-5H3,(H,23,26). The van der Waals surface area contributed by atoms with Crippen molar-refractivity contribution < 1.29 is 32.2 Å². The Bertz CT molecular complexity index is 672. The van der Waals surface area contributed by atoms with Crippen molar-refractivity contribution in [2.75, 3.05) is 20.2 Å². The number of likely N-dealkylation sites (N-methyl/N-ethyl adjacent to an activating group) is 1. The maximum absolute atomic E-state index is 12.5. The Morgan fingerprint density at radius 3 is 2.43 bits per heavy atom. The van der Waals surface area contributed by atoms with Gasteiger partial charge in [0.2, 0.25) is 0 Å². The Labute approximate surface area is 163 Å². The number of halogens is 3. The minimum atomic E-state index is -4.89. The summed E-state index contributed by atoms with van der Waals surface area (Å²) in [6.45, 7) is 7.25. The van der Waals surface area contributed by atoms with Crippen molar-refractivity contribution in [1.29, 1.82) is 0 Å². The SMILES string of the molecule is CC(Cc1cccc(OCCNC(=O)OC(C)(C)C)c1)N(C)C(=O)C(F)(F)F. The van der Waals surface area contributed by atoms with Gasteiger partial charge in [-0.3, -0.25) is 4.79 Å². The Balaban J connectivity index is 2.51. The lowest BCUT2D eigenvalue weighted by Gasteiger charge is -2.26. The second-order valence-corrected chi connectivity index (χ2v) is 7.39. The molecular formula is C19H27F3N2O4. The lowest BCUT2D eigenvalue weighted by Crippen LogP contribution is -2.44. The highest BCUT2D eigenvalue weighted by atomic mass is 19.4. The number of rotatable bonds is 7. The quantitative estimate of drug-likeness (QED) is 0.706. The molecular weight excluding hydrogens is 377 g/mol. The van der Waals surface area contributed by atoms with Crippen LogP contribution in [0.4, 0.5) is 18.0 Å². The van der Waals surface area contributed by atoms with Crippen LogP contribution in [0.3, 0.4) is 0 Å². The van der Waals surface area contributed by atoms with Crippen LogP contribution in [0.5, 0.6) is 5.75 Å². The maximum Gasteiger partial charge on any atom is 0.471 e. The summed E-state index contributed by atoms with van der Waals surface area (Å²) in [4.78, 5) is 23.5. The first-order valence-electron chi connectivity index (χ1n) is 8.82. The van der Waals surface area contributed by atoms with Crippen LogP contribution in [0.25, 0.3) is 0 Å². The van der Waals surface area contributed by atoms with Crippen LogP contribution in [0.1, 0.15) is 33.3 Å². The molecule has 0 aromatic heterocycles. The summed E-state index contributed by atoms with van der Waals surface area (Å²) < 4.78 is 48.2. The third-order valence-electron chi connectivity index (χ3n) is 3.69. The maximum atomic E-state index is 12.5. The van der Waals surface area contributed by atoms with Gasteiger partial charge in [0, 0.05) is 13.1 Å². The molecule has 0 saturated heterocycles. The molecule has 1 aromatic rings. The van der Waals surface area contributed by atoms with Crippen molar-refractivity contribution in [2.24, 2.45) is 0 Å². The van der Waals surface area contributed by atoms with Crippen molar-refractivity contribution in [2.45, 2.75) is 51.9 Å². The summed E-state index contributed by atoms with van der Waals surface area (Å²) in [6, 6.07) is 6.21. The summed E-state index contributed by atoms with van der Waals surface area (Å²) in [5.41, 5.74) is 0.142. The fourth-order valence-corrected chi connectivity index (χ4v) is 2.28. The zero-order valence-corrected chi connectivity index (χ0v) is 16.7. The van der Waals surface area contributed by atoms with Gasteiger partial charge in [0.25, 0.3) is 0 Å². The topological polar surface area (TPSA) is 67.9 Å². The number of amides is 2. The number of benzene rings is 1. The summed E-state index contributed by atoms with van der Waals surface area (Å²) in [7, 11) is 1.13. The molecule has 158 valence electrons. The molecule has 1 atom stereocenters. The van der Waals surface area contributed by atoms with E-state index in [0.29, 0.717) is 10.6 Å². The van der Waals surface area contributed by atoms with Gasteiger partial charge in [-0.25, -0.2) is 4.79 Å². The van der Waals surface area contributed by atoms with E-state index in [2.05, 4.69) is 5.32 Å². The predicted octanol–water partition coefficient (Wildman–Crippen LogP) is 3.54. The molecule has 9 heteroatoms. The van der Waals surface area contributed by atoms with Crippen LogP contribution in [0, 0.1) is 0 Å². The lowest BCUT2D eigenvalue weighted by molar-refractivity contribution is -0.185. The van der Waals surface area contributed by atoms with Gasteiger partial charge >= 0.3 is 18.2 Å². The molecule has 0 fully saturated rings. The Hall–Kier alpha value is -2.45. The number of alkyl carbamates (subject to hydrolysis) is 1. The highest BCUT2D eigenvalue weighted by molar-refractivity contribution is 5.81. The fraction of sp³-hybridized carbons (Fsp3) is 0.579. The average Bonchev–Trinajstić information content (AvgIpc) is 2.55. The predicted molar refractivity (Wildman–Crippen MR) is 98.2 cm³/mol. The van der Waals surface area contributed by atoms with Crippen LogP contribution in [-0.4, -0.2) is 54.9 Å². The van der Waals surface area contributed by atoms with Crippen molar-refractivity contribution in [1.82, 2.24) is 10.2 Å². The largest absolute Gasteiger partial charge is 0.492 e. The Morgan fingerprint density at radius 1 is 1.21 bits per heavy atom. The van der Waals surface area contributed by atoms with E-state index in [1.807, 2.05) is 0 Å². The number of nitrogens with zero attached hydrogens (tertiary/aromatic N) is 1. The molecule has 0 saturated carbocycles. The molecule has 0 spiro atoms. The van der Waals surface area contributed by atoms with Crippen LogP contribution < -0.4 is 10.1 Å². The summed E-state index contributed by atoms with van der Waals surface area (Å²) in [5.74, 6) is -1.36. The number of alkyl halides is 3. The van der Waals surface area contributed by atoms with Gasteiger partial charge in [-0.2, -0.15) is 13.2 Å². The van der Waals surface area contributed by atoms with Gasteiger partial charge < -0.3 is 19.7 Å². The molecule has 1 rings (SSSR count). The number of hydrogen-bond donors (Lipinski definition) is 1. The van der Waals surface area contributed by atoms with E-state index in [-0.39, 0.29) is 19.6 Å². The molecule has 1 unspecified atom stereocenters. The first kappa shape index (κ1) is 23.6. The molecule has 1 aromatic carbocycles. The van der Waals surface area contributed by atoms with Crippen LogP contribution in [-0.2, 0) is 16.0 Å². The highest BCUT2D eigenvalue weighted by Crippen LogP contribution is 2.21. The molecule has 2 amide bonds. The molecule has 28 heavy (non-hydrogen) atoms. The van der Waals surface area contributed by atoms with Gasteiger partial charge in [-0.1, -0.05) is 12.1 Å². The van der Waals surface area contributed by atoms with Crippen molar-refractivity contribution >= 4 is 12.0 Å². The van der Waals surface area contributed by atoms with E-state index in [1.54, 1.807) is 52.0 Å². The summed E-state index contributed by atoms with van der Waals surface area (Å²) >= 11 is 0. The van der Waals surface area contributed by atoms with E-state index in [1.165, 1.54) is 0 Å². The van der Waals surface area contributed by atoms with Crippen molar-refractivity contribution in [3.05, 3.63) is 29.8 Å².